The van der Waals surface area contributed by atoms with E-state index in [0.717, 1.165) is 12.0 Å². The molecule has 2 rings (SSSR count). The Hall–Kier alpha value is -2.17. The van der Waals surface area contributed by atoms with Gasteiger partial charge < -0.3 is 10.2 Å². The fourth-order valence-electron chi connectivity index (χ4n) is 2.05. The molecule has 1 atom stereocenters. The number of rotatable bonds is 3. The Morgan fingerprint density at radius 2 is 2.20 bits per heavy atom. The van der Waals surface area contributed by atoms with E-state index in [-0.39, 0.29) is 32.7 Å². The molecule has 0 aromatic carbocycles. The van der Waals surface area contributed by atoms with E-state index in [1.165, 1.54) is 6.08 Å². The van der Waals surface area contributed by atoms with Crippen molar-refractivity contribution in [3.63, 3.8) is 0 Å². The molecule has 0 spiro atoms. The first-order valence-corrected chi connectivity index (χ1v) is 5.77. The highest BCUT2D eigenvalue weighted by molar-refractivity contribution is 5.98. The minimum atomic E-state index is -0.289. The van der Waals surface area contributed by atoms with E-state index in [9.17, 15) is 9.59 Å². The normalized spacial score (nSPS) is 16.9. The van der Waals surface area contributed by atoms with Crippen LogP contribution in [0.1, 0.15) is 39.3 Å². The third-order valence-corrected chi connectivity index (χ3v) is 3.10. The summed E-state index contributed by atoms with van der Waals surface area (Å²) in [5.74, 6) is 0.350. The maximum atomic E-state index is 11.4. The van der Waals surface area contributed by atoms with Crippen molar-refractivity contribution in [1.82, 2.24) is 9.88 Å². The Morgan fingerprint density at radius 1 is 1.50 bits per heavy atom. The summed E-state index contributed by atoms with van der Waals surface area (Å²) >= 11 is 0. The molecular formula is C15H23N3O2. The van der Waals surface area contributed by atoms with Crippen molar-refractivity contribution in [2.45, 2.75) is 33.7 Å². The van der Waals surface area contributed by atoms with Gasteiger partial charge in [-0.05, 0) is 24.1 Å². The van der Waals surface area contributed by atoms with Gasteiger partial charge in [0.2, 0.25) is 11.8 Å². The van der Waals surface area contributed by atoms with Crippen LogP contribution in [0.5, 0.6) is 0 Å². The number of anilines is 1. The molecule has 20 heavy (non-hydrogen) atoms. The molecular weight excluding hydrogens is 254 g/mol. The number of aromatic nitrogens is 1. The second kappa shape index (κ2) is 7.43. The van der Waals surface area contributed by atoms with E-state index in [4.69, 9.17) is 0 Å². The predicted octanol–water partition coefficient (Wildman–Crippen LogP) is 2.77. The lowest BCUT2D eigenvalue weighted by Gasteiger charge is -2.19. The van der Waals surface area contributed by atoms with E-state index >= 15 is 0 Å². The number of carbonyl (C=O) groups excluding carboxylic acids is 2. The summed E-state index contributed by atoms with van der Waals surface area (Å²) < 4.78 is 0. The fourth-order valence-corrected chi connectivity index (χ4v) is 2.05. The Kier molecular flexibility index (Phi) is 6.62. The van der Waals surface area contributed by atoms with Crippen molar-refractivity contribution in [2.24, 2.45) is 0 Å². The van der Waals surface area contributed by atoms with Crippen molar-refractivity contribution in [1.29, 1.82) is 0 Å². The number of nitrogens with one attached hydrogen (secondary N) is 1. The van der Waals surface area contributed by atoms with E-state index in [0.29, 0.717) is 12.2 Å². The number of hydrogen-bond donors (Lipinski definition) is 1. The van der Waals surface area contributed by atoms with Gasteiger partial charge in [-0.2, -0.15) is 0 Å². The summed E-state index contributed by atoms with van der Waals surface area (Å²) in [6.45, 7) is 3.37. The SMILES string of the molecule is C.C.C=CC(=O)Nc1ccc(C2CCC(=O)N2C)cn1. The highest BCUT2D eigenvalue weighted by Gasteiger charge is 2.28. The molecule has 1 aromatic rings. The van der Waals surface area contributed by atoms with Crippen molar-refractivity contribution in [3.8, 4) is 0 Å². The molecule has 1 aromatic heterocycles. The van der Waals surface area contributed by atoms with E-state index in [1.54, 1.807) is 24.2 Å². The molecule has 5 heteroatoms. The second-order valence-corrected chi connectivity index (χ2v) is 4.23. The Labute approximate surface area is 120 Å². The Morgan fingerprint density at radius 3 is 2.65 bits per heavy atom. The summed E-state index contributed by atoms with van der Waals surface area (Å²) in [7, 11) is 1.80. The molecule has 1 saturated heterocycles. The lowest BCUT2D eigenvalue weighted by Crippen LogP contribution is -2.22. The first-order chi connectivity index (χ1) is 8.61. The van der Waals surface area contributed by atoms with Gasteiger partial charge in [0.15, 0.2) is 0 Å². The summed E-state index contributed by atoms with van der Waals surface area (Å²) in [5.41, 5.74) is 0.986. The number of carbonyl (C=O) groups is 2. The van der Waals surface area contributed by atoms with Crippen LogP contribution in [-0.2, 0) is 9.59 Å². The molecule has 0 aliphatic carbocycles. The summed E-state index contributed by atoms with van der Waals surface area (Å²) in [6, 6.07) is 3.70. The molecule has 0 radical (unpaired) electrons. The van der Waals surface area contributed by atoms with Crippen LogP contribution < -0.4 is 5.32 Å². The largest absolute Gasteiger partial charge is 0.339 e. The van der Waals surface area contributed by atoms with E-state index in [1.807, 2.05) is 6.07 Å². The number of hydrogen-bond acceptors (Lipinski definition) is 3. The highest BCUT2D eigenvalue weighted by Crippen LogP contribution is 2.30. The molecule has 0 bridgehead atoms. The lowest BCUT2D eigenvalue weighted by molar-refractivity contribution is -0.127. The molecule has 2 heterocycles. The van der Waals surface area contributed by atoms with Gasteiger partial charge in [0.1, 0.15) is 5.82 Å². The van der Waals surface area contributed by atoms with Crippen LogP contribution in [0, 0.1) is 0 Å². The standard InChI is InChI=1S/C13H15N3O2.2CH4/c1-3-12(17)15-11-6-4-9(8-14-11)10-5-7-13(18)16(10)2;;/h3-4,6,8,10H,1,5,7H2,2H3,(H,14,15,17);2*1H4. The zero-order valence-corrected chi connectivity index (χ0v) is 10.2. The number of pyridine rings is 1. The fraction of sp³-hybridized carbons (Fsp3) is 0.400. The van der Waals surface area contributed by atoms with Crippen molar-refractivity contribution in [2.75, 3.05) is 12.4 Å². The number of nitrogens with zero attached hydrogens (tertiary/aromatic N) is 2. The first-order valence-electron chi connectivity index (χ1n) is 5.77. The lowest BCUT2D eigenvalue weighted by atomic mass is 10.1. The minimum absolute atomic E-state index is 0. The predicted molar refractivity (Wildman–Crippen MR) is 81.3 cm³/mol. The third-order valence-electron chi connectivity index (χ3n) is 3.10. The number of amides is 2. The minimum Gasteiger partial charge on any atom is -0.339 e. The average molecular weight is 277 g/mol. The van der Waals surface area contributed by atoms with Crippen LogP contribution in [0.2, 0.25) is 0 Å². The molecule has 5 nitrogen and oxygen atoms in total. The van der Waals surface area contributed by atoms with Gasteiger partial charge in [0.05, 0.1) is 6.04 Å². The molecule has 1 aliphatic heterocycles. The molecule has 0 saturated carbocycles. The van der Waals surface area contributed by atoms with Gasteiger partial charge in [-0.3, -0.25) is 9.59 Å². The van der Waals surface area contributed by atoms with Gasteiger partial charge in [-0.1, -0.05) is 27.5 Å². The van der Waals surface area contributed by atoms with Crippen molar-refractivity contribution in [3.05, 3.63) is 36.5 Å². The van der Waals surface area contributed by atoms with Crippen molar-refractivity contribution >= 4 is 17.6 Å². The van der Waals surface area contributed by atoms with Crippen LogP contribution in [0.25, 0.3) is 0 Å². The maximum Gasteiger partial charge on any atom is 0.248 e. The van der Waals surface area contributed by atoms with Gasteiger partial charge in [-0.25, -0.2) is 4.98 Å². The Balaban J connectivity index is 0.00000180. The second-order valence-electron chi connectivity index (χ2n) is 4.23. The average Bonchev–Trinajstić information content (AvgIpc) is 2.71. The maximum absolute atomic E-state index is 11.4. The smallest absolute Gasteiger partial charge is 0.248 e. The summed E-state index contributed by atoms with van der Waals surface area (Å²) in [4.78, 5) is 28.4. The zero-order valence-electron chi connectivity index (χ0n) is 10.2. The molecule has 1 N–H and O–H groups in total. The van der Waals surface area contributed by atoms with Crippen LogP contribution >= 0.6 is 0 Å². The van der Waals surface area contributed by atoms with Crippen molar-refractivity contribution < 1.29 is 9.59 Å². The number of likely N-dealkylation sites (tertiary alicyclic amines) is 1. The van der Waals surface area contributed by atoms with E-state index < -0.39 is 0 Å². The molecule has 1 fully saturated rings. The summed E-state index contributed by atoms with van der Waals surface area (Å²) in [6.07, 6.45) is 4.28. The van der Waals surface area contributed by atoms with Gasteiger partial charge >= 0.3 is 0 Å². The molecule has 2 amide bonds. The van der Waals surface area contributed by atoms with Crippen LogP contribution in [-0.4, -0.2) is 28.7 Å². The molecule has 110 valence electrons. The van der Waals surface area contributed by atoms with Gasteiger partial charge in [0.25, 0.3) is 0 Å². The molecule has 1 aliphatic rings. The third kappa shape index (κ3) is 3.66. The quantitative estimate of drug-likeness (QED) is 0.864. The van der Waals surface area contributed by atoms with Crippen LogP contribution in [0.4, 0.5) is 5.82 Å². The van der Waals surface area contributed by atoms with E-state index in [2.05, 4.69) is 16.9 Å². The van der Waals surface area contributed by atoms with Crippen LogP contribution in [0.3, 0.4) is 0 Å². The zero-order chi connectivity index (χ0) is 13.1. The monoisotopic (exact) mass is 277 g/mol. The van der Waals surface area contributed by atoms with Gasteiger partial charge in [0, 0.05) is 19.7 Å². The topological polar surface area (TPSA) is 62.3 Å². The summed E-state index contributed by atoms with van der Waals surface area (Å²) in [5, 5.41) is 2.58. The first kappa shape index (κ1) is 17.8. The van der Waals surface area contributed by atoms with Crippen LogP contribution in [0.15, 0.2) is 31.0 Å². The Bertz CT molecular complexity index is 482. The van der Waals surface area contributed by atoms with Gasteiger partial charge in [-0.15, -0.1) is 0 Å². The highest BCUT2D eigenvalue weighted by atomic mass is 16.2. The molecule has 1 unspecified atom stereocenters.